The number of halogens is 2. The third-order valence-corrected chi connectivity index (χ3v) is 4.09. The van der Waals surface area contributed by atoms with E-state index in [9.17, 15) is 0 Å². The molecule has 1 aromatic heterocycles. The second-order valence-electron chi connectivity index (χ2n) is 5.03. The minimum absolute atomic E-state index is 0.558. The first kappa shape index (κ1) is 14.3. The van der Waals surface area contributed by atoms with Crippen LogP contribution < -0.4 is 15.5 Å². The molecule has 1 aliphatic heterocycles. The highest BCUT2D eigenvalue weighted by Gasteiger charge is 2.20. The van der Waals surface area contributed by atoms with Crippen LogP contribution in [-0.2, 0) is 0 Å². The molecule has 2 heterocycles. The Hall–Kier alpha value is -1.65. The van der Waals surface area contributed by atoms with E-state index in [1.165, 1.54) is 0 Å². The lowest BCUT2D eigenvalue weighted by Crippen LogP contribution is -2.47. The number of aromatic nitrogens is 1. The standard InChI is InChI=1S/C15H16Cl2N4/c16-11-8-14(17)15(19-10-11)21-6-4-20(5-7-21)13-3-1-2-12(18)9-13/h1-3,8-10H,4-7,18H2. The van der Waals surface area contributed by atoms with Crippen molar-refractivity contribution in [3.05, 3.63) is 46.6 Å². The van der Waals surface area contributed by atoms with Gasteiger partial charge in [0.15, 0.2) is 0 Å². The zero-order chi connectivity index (χ0) is 14.8. The number of piperazine rings is 1. The number of benzene rings is 1. The highest BCUT2D eigenvalue weighted by Crippen LogP contribution is 2.27. The van der Waals surface area contributed by atoms with E-state index in [2.05, 4.69) is 20.9 Å². The molecule has 2 aromatic rings. The summed E-state index contributed by atoms with van der Waals surface area (Å²) in [6.45, 7) is 3.54. The largest absolute Gasteiger partial charge is 0.399 e. The molecule has 1 fully saturated rings. The molecule has 21 heavy (non-hydrogen) atoms. The molecule has 0 unspecified atom stereocenters. The van der Waals surface area contributed by atoms with Gasteiger partial charge >= 0.3 is 0 Å². The molecule has 1 aliphatic rings. The molecule has 6 heteroatoms. The van der Waals surface area contributed by atoms with Gasteiger partial charge in [0.25, 0.3) is 0 Å². The number of pyridine rings is 1. The van der Waals surface area contributed by atoms with Crippen molar-refractivity contribution in [2.45, 2.75) is 0 Å². The van der Waals surface area contributed by atoms with Crippen LogP contribution in [-0.4, -0.2) is 31.2 Å². The molecule has 0 bridgehead atoms. The average Bonchev–Trinajstić information content (AvgIpc) is 2.47. The normalized spacial score (nSPS) is 15.3. The molecule has 1 saturated heterocycles. The van der Waals surface area contributed by atoms with Crippen molar-refractivity contribution in [2.75, 3.05) is 41.7 Å². The maximum atomic E-state index is 6.22. The Morgan fingerprint density at radius 1 is 1.00 bits per heavy atom. The van der Waals surface area contributed by atoms with Gasteiger partial charge in [0, 0.05) is 43.8 Å². The van der Waals surface area contributed by atoms with E-state index >= 15 is 0 Å². The Morgan fingerprint density at radius 2 is 1.71 bits per heavy atom. The van der Waals surface area contributed by atoms with Crippen molar-refractivity contribution in [1.29, 1.82) is 0 Å². The van der Waals surface area contributed by atoms with Crippen LogP contribution in [0, 0.1) is 0 Å². The van der Waals surface area contributed by atoms with Gasteiger partial charge in [-0.1, -0.05) is 29.3 Å². The van der Waals surface area contributed by atoms with Crippen molar-refractivity contribution >= 4 is 40.4 Å². The zero-order valence-corrected chi connectivity index (χ0v) is 13.0. The lowest BCUT2D eigenvalue weighted by Gasteiger charge is -2.37. The van der Waals surface area contributed by atoms with Gasteiger partial charge < -0.3 is 15.5 Å². The molecule has 0 saturated carbocycles. The van der Waals surface area contributed by atoms with Gasteiger partial charge in [0.05, 0.1) is 10.0 Å². The third kappa shape index (κ3) is 3.17. The third-order valence-electron chi connectivity index (χ3n) is 3.60. The average molecular weight is 323 g/mol. The second kappa shape index (κ2) is 6.00. The van der Waals surface area contributed by atoms with E-state index in [1.54, 1.807) is 12.3 Å². The molecule has 0 amide bonds. The van der Waals surface area contributed by atoms with Crippen molar-refractivity contribution < 1.29 is 0 Å². The molecule has 110 valence electrons. The first-order valence-corrected chi connectivity index (χ1v) is 7.55. The topological polar surface area (TPSA) is 45.4 Å². The molecular weight excluding hydrogens is 307 g/mol. The summed E-state index contributed by atoms with van der Waals surface area (Å²) in [5.74, 6) is 0.799. The summed E-state index contributed by atoms with van der Waals surface area (Å²) in [5, 5.41) is 1.15. The first-order chi connectivity index (χ1) is 10.1. The number of hydrogen-bond acceptors (Lipinski definition) is 4. The van der Waals surface area contributed by atoms with Crippen LogP contribution >= 0.6 is 23.2 Å². The maximum absolute atomic E-state index is 6.22. The van der Waals surface area contributed by atoms with E-state index < -0.39 is 0 Å². The molecular formula is C15H16Cl2N4. The summed E-state index contributed by atoms with van der Waals surface area (Å²) in [4.78, 5) is 8.84. The van der Waals surface area contributed by atoms with E-state index in [-0.39, 0.29) is 0 Å². The van der Waals surface area contributed by atoms with Gasteiger partial charge in [-0.3, -0.25) is 0 Å². The molecule has 4 nitrogen and oxygen atoms in total. The molecule has 2 N–H and O–H groups in total. The van der Waals surface area contributed by atoms with Crippen molar-refractivity contribution in [1.82, 2.24) is 4.98 Å². The van der Waals surface area contributed by atoms with E-state index in [1.807, 2.05) is 18.2 Å². The lowest BCUT2D eigenvalue weighted by molar-refractivity contribution is 0.647. The summed E-state index contributed by atoms with van der Waals surface area (Å²) >= 11 is 12.1. The van der Waals surface area contributed by atoms with Gasteiger partial charge in [-0.25, -0.2) is 4.98 Å². The smallest absolute Gasteiger partial charge is 0.147 e. The van der Waals surface area contributed by atoms with Gasteiger partial charge in [-0.05, 0) is 24.3 Å². The van der Waals surface area contributed by atoms with Crippen molar-refractivity contribution in [3.63, 3.8) is 0 Å². The summed E-state index contributed by atoms with van der Waals surface area (Å²) in [6, 6.07) is 9.70. The fourth-order valence-corrected chi connectivity index (χ4v) is 3.04. The number of hydrogen-bond donors (Lipinski definition) is 1. The maximum Gasteiger partial charge on any atom is 0.147 e. The molecule has 0 spiro atoms. The minimum atomic E-state index is 0.558. The SMILES string of the molecule is Nc1cccc(N2CCN(c3ncc(Cl)cc3Cl)CC2)c1. The number of nitrogen functional groups attached to an aromatic ring is 1. The van der Waals surface area contributed by atoms with Crippen LogP contribution in [0.1, 0.15) is 0 Å². The van der Waals surface area contributed by atoms with E-state index in [4.69, 9.17) is 28.9 Å². The number of nitrogens with two attached hydrogens (primary N) is 1. The predicted molar refractivity (Wildman–Crippen MR) is 89.5 cm³/mol. The minimum Gasteiger partial charge on any atom is -0.399 e. The Balaban J connectivity index is 1.70. The highest BCUT2D eigenvalue weighted by molar-refractivity contribution is 6.36. The van der Waals surface area contributed by atoms with Crippen LogP contribution in [0.4, 0.5) is 17.2 Å². The van der Waals surface area contributed by atoms with E-state index in [0.717, 1.165) is 43.4 Å². The Morgan fingerprint density at radius 3 is 2.38 bits per heavy atom. The van der Waals surface area contributed by atoms with Crippen LogP contribution in [0.2, 0.25) is 10.0 Å². The quantitative estimate of drug-likeness (QED) is 0.862. The zero-order valence-electron chi connectivity index (χ0n) is 11.5. The molecule has 1 aromatic carbocycles. The molecule has 0 radical (unpaired) electrons. The Kier molecular flexibility index (Phi) is 4.08. The lowest BCUT2D eigenvalue weighted by atomic mass is 10.2. The van der Waals surface area contributed by atoms with Crippen molar-refractivity contribution in [2.24, 2.45) is 0 Å². The number of rotatable bonds is 2. The predicted octanol–water partition coefficient (Wildman–Crippen LogP) is 3.30. The van der Waals surface area contributed by atoms with Crippen molar-refractivity contribution in [3.8, 4) is 0 Å². The summed E-state index contributed by atoms with van der Waals surface area (Å²) in [7, 11) is 0. The Bertz CT molecular complexity index is 639. The number of nitrogens with zero attached hydrogens (tertiary/aromatic N) is 3. The van der Waals surface area contributed by atoms with Gasteiger partial charge in [-0.15, -0.1) is 0 Å². The summed E-state index contributed by atoms with van der Waals surface area (Å²) in [6.07, 6.45) is 1.63. The van der Waals surface area contributed by atoms with Gasteiger partial charge in [0.1, 0.15) is 5.82 Å². The molecule has 0 aliphatic carbocycles. The second-order valence-corrected chi connectivity index (χ2v) is 5.87. The fourth-order valence-electron chi connectivity index (χ4n) is 2.54. The monoisotopic (exact) mass is 322 g/mol. The summed E-state index contributed by atoms with van der Waals surface area (Å²) in [5.41, 5.74) is 7.79. The number of anilines is 3. The van der Waals surface area contributed by atoms with Crippen LogP contribution in [0.5, 0.6) is 0 Å². The first-order valence-electron chi connectivity index (χ1n) is 6.80. The van der Waals surface area contributed by atoms with Gasteiger partial charge in [-0.2, -0.15) is 0 Å². The van der Waals surface area contributed by atoms with Crippen LogP contribution in [0.3, 0.4) is 0 Å². The van der Waals surface area contributed by atoms with Gasteiger partial charge in [0.2, 0.25) is 0 Å². The molecule has 3 rings (SSSR count). The van der Waals surface area contributed by atoms with Crippen LogP contribution in [0.15, 0.2) is 36.5 Å². The molecule has 0 atom stereocenters. The fraction of sp³-hybridized carbons (Fsp3) is 0.267. The highest BCUT2D eigenvalue weighted by atomic mass is 35.5. The van der Waals surface area contributed by atoms with Crippen LogP contribution in [0.25, 0.3) is 0 Å². The summed E-state index contributed by atoms with van der Waals surface area (Å²) < 4.78 is 0. The van der Waals surface area contributed by atoms with E-state index in [0.29, 0.717) is 10.0 Å². The Labute approximate surface area is 134 Å².